The van der Waals surface area contributed by atoms with Crippen LogP contribution in [-0.4, -0.2) is 0 Å². The molecule has 0 heterocycles. The molecule has 0 saturated heterocycles. The van der Waals surface area contributed by atoms with Crippen LogP contribution < -0.4 is 0 Å². The summed E-state index contributed by atoms with van der Waals surface area (Å²) in [5, 5.41) is 10.0. The molecule has 0 aliphatic heterocycles. The fourth-order valence-corrected chi connectivity index (χ4v) is 2.94. The van der Waals surface area contributed by atoms with Gasteiger partial charge in [0.2, 0.25) is 0 Å². The van der Waals surface area contributed by atoms with Crippen molar-refractivity contribution in [3.05, 3.63) is 69.7 Å². The van der Waals surface area contributed by atoms with Gasteiger partial charge < -0.3 is 0 Å². The Balaban J connectivity index is 2.61. The molecular formula is C18H15Cl2N. The molecule has 0 spiro atoms. The van der Waals surface area contributed by atoms with Crippen molar-refractivity contribution in [3.63, 3.8) is 0 Å². The van der Waals surface area contributed by atoms with Gasteiger partial charge in [-0.3, -0.25) is 0 Å². The molecule has 1 nitrogen and oxygen atoms in total. The minimum Gasteiger partial charge on any atom is -0.198 e. The molecule has 2 aromatic rings. The number of rotatable bonds is 4. The van der Waals surface area contributed by atoms with Gasteiger partial charge in [0.25, 0.3) is 0 Å². The van der Waals surface area contributed by atoms with Crippen molar-refractivity contribution in [1.29, 1.82) is 5.26 Å². The van der Waals surface area contributed by atoms with E-state index in [1.807, 2.05) is 12.1 Å². The highest BCUT2D eigenvalue weighted by molar-refractivity contribution is 6.39. The Kier molecular flexibility index (Phi) is 5.07. The van der Waals surface area contributed by atoms with E-state index in [1.54, 1.807) is 12.1 Å². The van der Waals surface area contributed by atoms with Crippen molar-refractivity contribution >= 4 is 23.2 Å². The Labute approximate surface area is 135 Å². The van der Waals surface area contributed by atoms with Gasteiger partial charge in [-0.25, -0.2) is 0 Å². The zero-order chi connectivity index (χ0) is 15.4. The first kappa shape index (κ1) is 15.6. The van der Waals surface area contributed by atoms with Gasteiger partial charge in [-0.15, -0.1) is 6.58 Å². The van der Waals surface area contributed by atoms with E-state index in [0.29, 0.717) is 10.0 Å². The minimum absolute atomic E-state index is 0.272. The van der Waals surface area contributed by atoms with E-state index < -0.39 is 0 Å². The van der Waals surface area contributed by atoms with Gasteiger partial charge in [-0.2, -0.15) is 5.26 Å². The third-order valence-corrected chi connectivity index (χ3v) is 4.19. The smallest absolute Gasteiger partial charge is 0.0670 e. The first-order valence-electron chi connectivity index (χ1n) is 6.63. The first-order chi connectivity index (χ1) is 10.1. The molecular weight excluding hydrogens is 301 g/mol. The Morgan fingerprint density at radius 3 is 2.62 bits per heavy atom. The predicted molar refractivity (Wildman–Crippen MR) is 89.9 cm³/mol. The Morgan fingerprint density at radius 1 is 1.19 bits per heavy atom. The number of benzene rings is 2. The average molecular weight is 316 g/mol. The maximum atomic E-state index is 8.87. The standard InChI is InChI=1S/C18H15Cl2N/c1-3-4-14-11-15(6-5-12(14)2)17-16(19)8-7-13(9-10-21)18(17)20/h3,5-8,11H,1,4,9H2,2H3. The van der Waals surface area contributed by atoms with Gasteiger partial charge in [-0.1, -0.05) is 53.5 Å². The highest BCUT2D eigenvalue weighted by Gasteiger charge is 2.13. The van der Waals surface area contributed by atoms with Gasteiger partial charge >= 0.3 is 0 Å². The third kappa shape index (κ3) is 3.29. The molecule has 2 rings (SSSR count). The van der Waals surface area contributed by atoms with Crippen LogP contribution in [0.25, 0.3) is 11.1 Å². The summed E-state index contributed by atoms with van der Waals surface area (Å²) < 4.78 is 0. The molecule has 0 N–H and O–H groups in total. The lowest BCUT2D eigenvalue weighted by atomic mass is 9.96. The minimum atomic E-state index is 0.272. The van der Waals surface area contributed by atoms with Gasteiger partial charge in [0.15, 0.2) is 0 Å². The molecule has 0 radical (unpaired) electrons. The lowest BCUT2D eigenvalue weighted by molar-refractivity contribution is 1.22. The topological polar surface area (TPSA) is 23.8 Å². The number of nitrogens with zero attached hydrogens (tertiary/aromatic N) is 1. The zero-order valence-corrected chi connectivity index (χ0v) is 13.3. The van der Waals surface area contributed by atoms with Crippen molar-refractivity contribution in [2.45, 2.75) is 19.8 Å². The molecule has 0 unspecified atom stereocenters. The van der Waals surface area contributed by atoms with Crippen LogP contribution in [0.5, 0.6) is 0 Å². The van der Waals surface area contributed by atoms with Crippen LogP contribution in [0.3, 0.4) is 0 Å². The quantitative estimate of drug-likeness (QED) is 0.658. The van der Waals surface area contributed by atoms with Crippen molar-refractivity contribution in [1.82, 2.24) is 0 Å². The van der Waals surface area contributed by atoms with E-state index >= 15 is 0 Å². The summed E-state index contributed by atoms with van der Waals surface area (Å²) in [6.45, 7) is 5.85. The van der Waals surface area contributed by atoms with Crippen LogP contribution in [0.15, 0.2) is 43.0 Å². The highest BCUT2D eigenvalue weighted by Crippen LogP contribution is 2.38. The molecule has 0 atom stereocenters. The van der Waals surface area contributed by atoms with Gasteiger partial charge in [0.05, 0.1) is 17.5 Å². The third-order valence-electron chi connectivity index (χ3n) is 3.44. The molecule has 0 amide bonds. The average Bonchev–Trinajstić information content (AvgIpc) is 2.46. The summed E-state index contributed by atoms with van der Waals surface area (Å²) in [4.78, 5) is 0. The van der Waals surface area contributed by atoms with E-state index in [9.17, 15) is 0 Å². The van der Waals surface area contributed by atoms with Crippen LogP contribution in [0.2, 0.25) is 10.0 Å². The van der Waals surface area contributed by atoms with Gasteiger partial charge in [0, 0.05) is 10.6 Å². The molecule has 0 aliphatic carbocycles. The summed E-state index contributed by atoms with van der Waals surface area (Å²) in [7, 11) is 0. The summed E-state index contributed by atoms with van der Waals surface area (Å²) in [5.74, 6) is 0. The molecule has 2 aromatic carbocycles. The van der Waals surface area contributed by atoms with Crippen LogP contribution in [-0.2, 0) is 12.8 Å². The number of halogens is 2. The SMILES string of the molecule is C=CCc1cc(-c2c(Cl)ccc(CC#N)c2Cl)ccc1C. The zero-order valence-electron chi connectivity index (χ0n) is 11.8. The van der Waals surface area contributed by atoms with Crippen molar-refractivity contribution in [3.8, 4) is 17.2 Å². The number of aryl methyl sites for hydroxylation is 1. The Morgan fingerprint density at radius 2 is 1.95 bits per heavy atom. The second-order valence-electron chi connectivity index (χ2n) is 4.86. The Bertz CT molecular complexity index is 727. The largest absolute Gasteiger partial charge is 0.198 e. The molecule has 3 heteroatoms. The molecule has 0 fully saturated rings. The van der Waals surface area contributed by atoms with E-state index in [0.717, 1.165) is 23.1 Å². The second kappa shape index (κ2) is 6.80. The van der Waals surface area contributed by atoms with Crippen LogP contribution in [0.1, 0.15) is 16.7 Å². The van der Waals surface area contributed by atoms with E-state index in [1.165, 1.54) is 11.1 Å². The lowest BCUT2D eigenvalue weighted by Crippen LogP contribution is -1.92. The molecule has 0 aromatic heterocycles. The molecule has 0 bridgehead atoms. The predicted octanol–water partition coefficient (Wildman–Crippen LogP) is 5.76. The van der Waals surface area contributed by atoms with Crippen molar-refractivity contribution in [2.24, 2.45) is 0 Å². The summed E-state index contributed by atoms with van der Waals surface area (Å²) >= 11 is 12.8. The summed E-state index contributed by atoms with van der Waals surface area (Å²) in [5.41, 5.74) is 4.95. The van der Waals surface area contributed by atoms with Gasteiger partial charge in [-0.05, 0) is 41.7 Å². The second-order valence-corrected chi connectivity index (χ2v) is 5.65. The fraction of sp³-hybridized carbons (Fsp3) is 0.167. The molecule has 21 heavy (non-hydrogen) atoms. The monoisotopic (exact) mass is 315 g/mol. The van der Waals surface area contributed by atoms with E-state index in [4.69, 9.17) is 28.5 Å². The van der Waals surface area contributed by atoms with Gasteiger partial charge in [0.1, 0.15) is 0 Å². The maximum Gasteiger partial charge on any atom is 0.0670 e. The molecule has 106 valence electrons. The van der Waals surface area contributed by atoms with Crippen LogP contribution in [0, 0.1) is 18.3 Å². The lowest BCUT2D eigenvalue weighted by Gasteiger charge is -2.13. The van der Waals surface area contributed by atoms with E-state index in [2.05, 4.69) is 31.7 Å². The maximum absolute atomic E-state index is 8.87. The Hall–Kier alpha value is -1.75. The van der Waals surface area contributed by atoms with Crippen molar-refractivity contribution < 1.29 is 0 Å². The first-order valence-corrected chi connectivity index (χ1v) is 7.38. The summed E-state index contributed by atoms with van der Waals surface area (Å²) in [6.07, 6.45) is 2.95. The fourth-order valence-electron chi connectivity index (χ4n) is 2.28. The van der Waals surface area contributed by atoms with Crippen LogP contribution >= 0.6 is 23.2 Å². The highest BCUT2D eigenvalue weighted by atomic mass is 35.5. The van der Waals surface area contributed by atoms with Crippen molar-refractivity contribution in [2.75, 3.05) is 0 Å². The number of hydrogen-bond donors (Lipinski definition) is 0. The van der Waals surface area contributed by atoms with Crippen LogP contribution in [0.4, 0.5) is 0 Å². The number of hydrogen-bond acceptors (Lipinski definition) is 1. The van der Waals surface area contributed by atoms with E-state index in [-0.39, 0.29) is 6.42 Å². The molecule has 0 saturated carbocycles. The normalized spacial score (nSPS) is 10.2. The number of allylic oxidation sites excluding steroid dienone is 1. The number of nitriles is 1. The summed E-state index contributed by atoms with van der Waals surface area (Å²) in [6, 6.07) is 11.9. The molecule has 0 aliphatic rings.